The first-order valence-electron chi connectivity index (χ1n) is 8.92. The molecule has 1 amide bonds. The van der Waals surface area contributed by atoms with E-state index in [-0.39, 0.29) is 17.3 Å². The number of anilines is 1. The minimum atomic E-state index is -0.538. The Morgan fingerprint density at radius 3 is 2.25 bits per heavy atom. The second kappa shape index (κ2) is 8.39. The maximum atomic E-state index is 12.4. The highest BCUT2D eigenvalue weighted by Gasteiger charge is 2.19. The van der Waals surface area contributed by atoms with Crippen molar-refractivity contribution in [1.82, 2.24) is 4.90 Å². The predicted octanol–water partition coefficient (Wildman–Crippen LogP) is 3.20. The normalized spacial score (nSPS) is 14.2. The van der Waals surface area contributed by atoms with Crippen LogP contribution in [0.1, 0.15) is 34.3 Å². The van der Waals surface area contributed by atoms with Gasteiger partial charge in [0.25, 0.3) is 5.91 Å². The van der Waals surface area contributed by atoms with E-state index in [0.29, 0.717) is 22.4 Å². The second-order valence-corrected chi connectivity index (χ2v) is 7.56. The highest BCUT2D eigenvalue weighted by Crippen LogP contribution is 2.20. The van der Waals surface area contributed by atoms with E-state index in [4.69, 9.17) is 16.9 Å². The lowest BCUT2D eigenvalue weighted by atomic mass is 10.0. The van der Waals surface area contributed by atoms with Gasteiger partial charge < -0.3 is 16.4 Å². The molecule has 0 bridgehead atoms. The molecule has 7 heteroatoms. The number of nitrogens with two attached hydrogens (primary N) is 2. The fourth-order valence-corrected chi connectivity index (χ4v) is 3.48. The molecular formula is C21H21BrN4O2. The zero-order valence-corrected chi connectivity index (χ0v) is 16.8. The Morgan fingerprint density at radius 2 is 1.64 bits per heavy atom. The maximum absolute atomic E-state index is 12.4. The van der Waals surface area contributed by atoms with Crippen LogP contribution in [-0.4, -0.2) is 35.4 Å². The molecule has 0 saturated carbocycles. The third-order valence-corrected chi connectivity index (χ3v) is 5.17. The standard InChI is InChI=1S/C21H21BrN4O2/c22-15-7-8-16(18(24)11-15)20(25)19(27)12-17(23)13-3-5-14(6-4-13)21(28)26-9-1-2-10-26/h3-8,11-12,25H,1-2,9-10,23-24H2. The number of rotatable bonds is 5. The number of benzene rings is 2. The number of nitrogens with zero attached hydrogens (tertiary/aromatic N) is 1. The molecule has 2 aromatic carbocycles. The summed E-state index contributed by atoms with van der Waals surface area (Å²) in [5, 5.41) is 8.09. The van der Waals surface area contributed by atoms with E-state index in [2.05, 4.69) is 15.9 Å². The van der Waals surface area contributed by atoms with Crippen molar-refractivity contribution >= 4 is 44.7 Å². The van der Waals surface area contributed by atoms with Crippen molar-refractivity contribution in [3.8, 4) is 0 Å². The van der Waals surface area contributed by atoms with Gasteiger partial charge in [-0.05, 0) is 48.7 Å². The number of hydrogen-bond acceptors (Lipinski definition) is 5. The lowest BCUT2D eigenvalue weighted by molar-refractivity contribution is -0.108. The van der Waals surface area contributed by atoms with Crippen LogP contribution in [0.25, 0.3) is 5.70 Å². The lowest BCUT2D eigenvalue weighted by Crippen LogP contribution is -2.27. The van der Waals surface area contributed by atoms with E-state index >= 15 is 0 Å². The first-order valence-corrected chi connectivity index (χ1v) is 9.71. The predicted molar refractivity (Wildman–Crippen MR) is 114 cm³/mol. The number of ketones is 1. The molecule has 1 saturated heterocycles. The molecule has 28 heavy (non-hydrogen) atoms. The van der Waals surface area contributed by atoms with Crippen LogP contribution in [0.4, 0.5) is 5.69 Å². The maximum Gasteiger partial charge on any atom is 0.253 e. The number of amides is 1. The van der Waals surface area contributed by atoms with Gasteiger partial charge in [-0.2, -0.15) is 0 Å². The molecule has 0 atom stereocenters. The van der Waals surface area contributed by atoms with Gasteiger partial charge in [0.05, 0.1) is 0 Å². The zero-order valence-electron chi connectivity index (χ0n) is 15.2. The first kappa shape index (κ1) is 19.8. The Kier molecular flexibility index (Phi) is 5.94. The van der Waals surface area contributed by atoms with Crippen LogP contribution < -0.4 is 11.5 Å². The molecule has 2 aromatic rings. The van der Waals surface area contributed by atoms with Crippen molar-refractivity contribution < 1.29 is 9.59 Å². The third-order valence-electron chi connectivity index (χ3n) is 4.67. The van der Waals surface area contributed by atoms with Crippen molar-refractivity contribution in [3.05, 3.63) is 69.7 Å². The lowest BCUT2D eigenvalue weighted by Gasteiger charge is -2.15. The molecule has 5 N–H and O–H groups in total. The van der Waals surface area contributed by atoms with Gasteiger partial charge in [0.2, 0.25) is 5.78 Å². The molecule has 144 valence electrons. The van der Waals surface area contributed by atoms with Crippen LogP contribution in [0.2, 0.25) is 0 Å². The summed E-state index contributed by atoms with van der Waals surface area (Å²) >= 11 is 3.30. The van der Waals surface area contributed by atoms with Crippen molar-refractivity contribution in [2.24, 2.45) is 5.73 Å². The largest absolute Gasteiger partial charge is 0.398 e. The van der Waals surface area contributed by atoms with Gasteiger partial charge in [-0.1, -0.05) is 28.1 Å². The summed E-state index contributed by atoms with van der Waals surface area (Å²) in [5.74, 6) is -0.529. The summed E-state index contributed by atoms with van der Waals surface area (Å²) in [6, 6.07) is 11.8. The summed E-state index contributed by atoms with van der Waals surface area (Å²) in [6.45, 7) is 1.58. The molecule has 0 aromatic heterocycles. The number of nitrogens with one attached hydrogen (secondary N) is 1. The number of halogens is 1. The van der Waals surface area contributed by atoms with E-state index in [1.807, 2.05) is 4.90 Å². The molecule has 0 radical (unpaired) electrons. The summed E-state index contributed by atoms with van der Waals surface area (Å²) < 4.78 is 0.771. The van der Waals surface area contributed by atoms with Gasteiger partial charge >= 0.3 is 0 Å². The van der Waals surface area contributed by atoms with E-state index in [0.717, 1.165) is 30.4 Å². The number of nitrogen functional groups attached to an aromatic ring is 1. The van der Waals surface area contributed by atoms with Crippen LogP contribution in [0.15, 0.2) is 53.0 Å². The summed E-state index contributed by atoms with van der Waals surface area (Å²) in [5.41, 5.74) is 13.8. The molecule has 3 rings (SSSR count). The van der Waals surface area contributed by atoms with Gasteiger partial charge in [-0.3, -0.25) is 15.0 Å². The van der Waals surface area contributed by atoms with Gasteiger partial charge in [0.15, 0.2) is 0 Å². The minimum Gasteiger partial charge on any atom is -0.398 e. The highest BCUT2D eigenvalue weighted by molar-refractivity contribution is 9.10. The summed E-state index contributed by atoms with van der Waals surface area (Å²) in [7, 11) is 0. The number of carbonyl (C=O) groups excluding carboxylic acids is 2. The van der Waals surface area contributed by atoms with Crippen LogP contribution in [0.5, 0.6) is 0 Å². The summed E-state index contributed by atoms with van der Waals surface area (Å²) in [6.07, 6.45) is 3.29. The Labute approximate surface area is 171 Å². The molecule has 1 aliphatic heterocycles. The monoisotopic (exact) mass is 440 g/mol. The molecule has 6 nitrogen and oxygen atoms in total. The molecule has 0 spiro atoms. The molecule has 0 unspecified atom stereocenters. The van der Waals surface area contributed by atoms with Crippen molar-refractivity contribution in [2.75, 3.05) is 18.8 Å². The third kappa shape index (κ3) is 4.31. The molecule has 1 aliphatic rings. The number of hydrogen-bond donors (Lipinski definition) is 3. The van der Waals surface area contributed by atoms with Crippen LogP contribution in [-0.2, 0) is 4.79 Å². The Bertz CT molecular complexity index is 961. The fraction of sp³-hybridized carbons (Fsp3) is 0.190. The molecule has 1 fully saturated rings. The van der Waals surface area contributed by atoms with E-state index in [1.165, 1.54) is 6.08 Å². The Balaban J connectivity index is 1.74. The van der Waals surface area contributed by atoms with Crippen LogP contribution in [0.3, 0.4) is 0 Å². The number of carbonyl (C=O) groups is 2. The number of likely N-dealkylation sites (tertiary alicyclic amines) is 1. The van der Waals surface area contributed by atoms with E-state index in [9.17, 15) is 9.59 Å². The van der Waals surface area contributed by atoms with Crippen LogP contribution in [0, 0.1) is 5.41 Å². The average molecular weight is 441 g/mol. The topological polar surface area (TPSA) is 113 Å². The molecule has 1 heterocycles. The minimum absolute atomic E-state index is 0.00942. The molecular weight excluding hydrogens is 420 g/mol. The van der Waals surface area contributed by atoms with Crippen molar-refractivity contribution in [3.63, 3.8) is 0 Å². The van der Waals surface area contributed by atoms with Gasteiger partial charge in [-0.25, -0.2) is 0 Å². The second-order valence-electron chi connectivity index (χ2n) is 6.65. The fourth-order valence-electron chi connectivity index (χ4n) is 3.10. The highest BCUT2D eigenvalue weighted by atomic mass is 79.9. The molecule has 0 aliphatic carbocycles. The van der Waals surface area contributed by atoms with E-state index < -0.39 is 5.78 Å². The number of allylic oxidation sites excluding steroid dienone is 1. The quantitative estimate of drug-likeness (QED) is 0.376. The van der Waals surface area contributed by atoms with Crippen LogP contribution >= 0.6 is 15.9 Å². The Morgan fingerprint density at radius 1 is 1.04 bits per heavy atom. The first-order chi connectivity index (χ1) is 13.4. The van der Waals surface area contributed by atoms with Crippen molar-refractivity contribution in [2.45, 2.75) is 12.8 Å². The van der Waals surface area contributed by atoms with Gasteiger partial charge in [0.1, 0.15) is 5.71 Å². The Hall–Kier alpha value is -2.93. The zero-order chi connectivity index (χ0) is 20.3. The SMILES string of the molecule is N=C(C(=O)C=C(N)c1ccc(C(=O)N2CCCC2)cc1)c1ccc(Br)cc1N. The average Bonchev–Trinajstić information content (AvgIpc) is 3.21. The van der Waals surface area contributed by atoms with Gasteiger partial charge in [-0.15, -0.1) is 0 Å². The summed E-state index contributed by atoms with van der Waals surface area (Å²) in [4.78, 5) is 26.6. The van der Waals surface area contributed by atoms with E-state index in [1.54, 1.807) is 42.5 Å². The van der Waals surface area contributed by atoms with Crippen molar-refractivity contribution in [1.29, 1.82) is 5.41 Å². The van der Waals surface area contributed by atoms with Gasteiger partial charge in [0, 0.05) is 46.1 Å². The smallest absolute Gasteiger partial charge is 0.253 e.